The molecular formula is C6H13I. The van der Waals surface area contributed by atoms with E-state index in [1.807, 2.05) is 0 Å². The van der Waals surface area contributed by atoms with E-state index in [1.54, 1.807) is 0 Å². The summed E-state index contributed by atoms with van der Waals surface area (Å²) in [7, 11) is 0. The molecule has 0 aliphatic heterocycles. The van der Waals surface area contributed by atoms with Crippen molar-refractivity contribution in [3.8, 4) is 0 Å². The van der Waals surface area contributed by atoms with Crippen LogP contribution in [0.15, 0.2) is 0 Å². The molecule has 0 heterocycles. The first-order chi connectivity index (χ1) is 3.18. The number of rotatable bonds is 2. The molecule has 0 fully saturated rings. The van der Waals surface area contributed by atoms with E-state index in [-0.39, 0.29) is 0 Å². The summed E-state index contributed by atoms with van der Waals surface area (Å²) in [6.07, 6.45) is 1.31. The molecule has 44 valence electrons. The lowest BCUT2D eigenvalue weighted by Crippen LogP contribution is -2.03. The summed E-state index contributed by atoms with van der Waals surface area (Å²) in [5, 5.41) is 0. The molecule has 0 radical (unpaired) electrons. The highest BCUT2D eigenvalue weighted by Crippen LogP contribution is 2.14. The second-order valence-electron chi connectivity index (χ2n) is 2.06. The van der Waals surface area contributed by atoms with E-state index in [1.165, 1.54) is 6.42 Å². The first-order valence-corrected chi connectivity index (χ1v) is 4.07. The molecule has 0 amide bonds. The lowest BCUT2D eigenvalue weighted by atomic mass is 10.1. The Kier molecular flexibility index (Phi) is 4.08. The lowest BCUT2D eigenvalue weighted by Gasteiger charge is -2.08. The summed E-state index contributed by atoms with van der Waals surface area (Å²) in [5.74, 6) is 0.889. The third kappa shape index (κ3) is 3.32. The van der Waals surface area contributed by atoms with Crippen LogP contribution >= 0.6 is 22.6 Å². The largest absolute Gasteiger partial charge is 0.0826 e. The molecule has 1 heteroatoms. The van der Waals surface area contributed by atoms with E-state index in [2.05, 4.69) is 43.4 Å². The van der Waals surface area contributed by atoms with Gasteiger partial charge >= 0.3 is 0 Å². The van der Waals surface area contributed by atoms with E-state index in [0.717, 1.165) is 9.84 Å². The van der Waals surface area contributed by atoms with Gasteiger partial charge in [-0.2, -0.15) is 0 Å². The van der Waals surface area contributed by atoms with Crippen molar-refractivity contribution >= 4 is 22.6 Å². The van der Waals surface area contributed by atoms with Gasteiger partial charge in [-0.05, 0) is 5.92 Å². The van der Waals surface area contributed by atoms with Crippen molar-refractivity contribution in [3.05, 3.63) is 0 Å². The molecule has 0 rings (SSSR count). The van der Waals surface area contributed by atoms with Crippen LogP contribution in [0.1, 0.15) is 27.2 Å². The van der Waals surface area contributed by atoms with Gasteiger partial charge in [0, 0.05) is 3.92 Å². The van der Waals surface area contributed by atoms with Gasteiger partial charge < -0.3 is 0 Å². The summed E-state index contributed by atoms with van der Waals surface area (Å²) in [4.78, 5) is 0. The summed E-state index contributed by atoms with van der Waals surface area (Å²) in [6.45, 7) is 6.78. The average molecular weight is 212 g/mol. The van der Waals surface area contributed by atoms with E-state index >= 15 is 0 Å². The van der Waals surface area contributed by atoms with Crippen molar-refractivity contribution in [2.75, 3.05) is 0 Å². The predicted molar refractivity (Wildman–Crippen MR) is 42.9 cm³/mol. The van der Waals surface area contributed by atoms with Crippen LogP contribution in [-0.2, 0) is 0 Å². The second kappa shape index (κ2) is 3.70. The third-order valence-electron chi connectivity index (χ3n) is 1.43. The van der Waals surface area contributed by atoms with Crippen molar-refractivity contribution in [2.45, 2.75) is 31.1 Å². The Hall–Kier alpha value is 0.730. The van der Waals surface area contributed by atoms with Crippen LogP contribution in [0.25, 0.3) is 0 Å². The van der Waals surface area contributed by atoms with Gasteiger partial charge in [0.2, 0.25) is 0 Å². The van der Waals surface area contributed by atoms with Gasteiger partial charge in [0.25, 0.3) is 0 Å². The molecule has 0 saturated heterocycles. The van der Waals surface area contributed by atoms with Crippen LogP contribution in [-0.4, -0.2) is 3.92 Å². The summed E-state index contributed by atoms with van der Waals surface area (Å²) < 4.78 is 0.836. The fourth-order valence-corrected chi connectivity index (χ4v) is 0.833. The Balaban J connectivity index is 3.14. The van der Waals surface area contributed by atoms with Crippen LogP contribution < -0.4 is 0 Å². The molecule has 0 saturated carbocycles. The molecule has 7 heavy (non-hydrogen) atoms. The smallest absolute Gasteiger partial charge is 0.0107 e. The molecule has 0 N–H and O–H groups in total. The fourth-order valence-electron chi connectivity index (χ4n) is 0.325. The van der Waals surface area contributed by atoms with Crippen LogP contribution in [0.2, 0.25) is 0 Å². The van der Waals surface area contributed by atoms with Crippen LogP contribution in [0, 0.1) is 5.92 Å². The zero-order valence-corrected chi connectivity index (χ0v) is 7.40. The molecule has 0 nitrogen and oxygen atoms in total. The molecule has 0 aromatic rings. The molecule has 0 unspecified atom stereocenters. The highest BCUT2D eigenvalue weighted by molar-refractivity contribution is 14.1. The number of hydrogen-bond acceptors (Lipinski definition) is 0. The standard InChI is InChI=1S/C6H13I/c1-4-5(2)6(3)7/h5-6H,4H2,1-3H3/t5-,6-/m0/s1. The maximum absolute atomic E-state index is 2.47. The second-order valence-corrected chi connectivity index (χ2v) is 4.03. The highest BCUT2D eigenvalue weighted by Gasteiger charge is 2.03. The topological polar surface area (TPSA) is 0 Å². The average Bonchev–Trinajstić information content (AvgIpc) is 1.65. The van der Waals surface area contributed by atoms with Crippen molar-refractivity contribution in [3.63, 3.8) is 0 Å². The van der Waals surface area contributed by atoms with E-state index in [0.29, 0.717) is 0 Å². The quantitative estimate of drug-likeness (QED) is 0.487. The monoisotopic (exact) mass is 212 g/mol. The Morgan fingerprint density at radius 3 is 1.86 bits per heavy atom. The van der Waals surface area contributed by atoms with Crippen LogP contribution in [0.5, 0.6) is 0 Å². The molecule has 0 bridgehead atoms. The Labute approximate surface area is 59.8 Å². The van der Waals surface area contributed by atoms with Crippen molar-refractivity contribution in [2.24, 2.45) is 5.92 Å². The minimum Gasteiger partial charge on any atom is -0.0826 e. The van der Waals surface area contributed by atoms with E-state index in [9.17, 15) is 0 Å². The maximum atomic E-state index is 2.47. The number of hydrogen-bond donors (Lipinski definition) is 0. The Morgan fingerprint density at radius 2 is 1.86 bits per heavy atom. The highest BCUT2D eigenvalue weighted by atomic mass is 127. The van der Waals surface area contributed by atoms with Crippen molar-refractivity contribution < 1.29 is 0 Å². The molecule has 0 aliphatic carbocycles. The minimum atomic E-state index is 0.836. The Bertz CT molecular complexity index is 41.4. The van der Waals surface area contributed by atoms with Gasteiger partial charge in [-0.3, -0.25) is 0 Å². The van der Waals surface area contributed by atoms with Gasteiger partial charge in [-0.25, -0.2) is 0 Å². The number of halogens is 1. The van der Waals surface area contributed by atoms with Crippen molar-refractivity contribution in [1.82, 2.24) is 0 Å². The van der Waals surface area contributed by atoms with E-state index in [4.69, 9.17) is 0 Å². The van der Waals surface area contributed by atoms with Gasteiger partial charge in [0.15, 0.2) is 0 Å². The normalized spacial score (nSPS) is 18.9. The maximum Gasteiger partial charge on any atom is 0.0107 e. The van der Waals surface area contributed by atoms with Gasteiger partial charge in [0.1, 0.15) is 0 Å². The van der Waals surface area contributed by atoms with Gasteiger partial charge in [-0.15, -0.1) is 0 Å². The molecule has 0 aliphatic rings. The molecule has 2 atom stereocenters. The zero-order chi connectivity index (χ0) is 5.86. The van der Waals surface area contributed by atoms with Gasteiger partial charge in [0.05, 0.1) is 0 Å². The predicted octanol–water partition coefficient (Wildman–Crippen LogP) is 2.86. The summed E-state index contributed by atoms with van der Waals surface area (Å²) in [6, 6.07) is 0. The van der Waals surface area contributed by atoms with Gasteiger partial charge in [-0.1, -0.05) is 49.8 Å². The third-order valence-corrected chi connectivity index (χ3v) is 2.66. The molecule has 0 aromatic carbocycles. The van der Waals surface area contributed by atoms with E-state index < -0.39 is 0 Å². The Morgan fingerprint density at radius 1 is 1.43 bits per heavy atom. The number of alkyl halides is 1. The first-order valence-electron chi connectivity index (χ1n) is 2.82. The van der Waals surface area contributed by atoms with Crippen LogP contribution in [0.4, 0.5) is 0 Å². The summed E-state index contributed by atoms with van der Waals surface area (Å²) >= 11 is 2.47. The molecule has 0 aromatic heterocycles. The first kappa shape index (κ1) is 7.73. The fraction of sp³-hybridized carbons (Fsp3) is 1.00. The minimum absolute atomic E-state index is 0.836. The summed E-state index contributed by atoms with van der Waals surface area (Å²) in [5.41, 5.74) is 0. The SMILES string of the molecule is CC[C@H](C)[C@H](C)I. The van der Waals surface area contributed by atoms with Crippen molar-refractivity contribution in [1.29, 1.82) is 0 Å². The van der Waals surface area contributed by atoms with Crippen LogP contribution in [0.3, 0.4) is 0 Å². The zero-order valence-electron chi connectivity index (χ0n) is 5.24. The lowest BCUT2D eigenvalue weighted by molar-refractivity contribution is 0.572. The molecular weight excluding hydrogens is 199 g/mol. The molecule has 0 spiro atoms.